The van der Waals surface area contributed by atoms with Crippen molar-refractivity contribution in [2.45, 2.75) is 26.3 Å². The minimum atomic E-state index is 0.379. The second kappa shape index (κ2) is 5.93. The highest BCUT2D eigenvalue weighted by molar-refractivity contribution is 6.32. The molecule has 3 nitrogen and oxygen atoms in total. The molecule has 4 heteroatoms. The van der Waals surface area contributed by atoms with Crippen molar-refractivity contribution in [3.63, 3.8) is 0 Å². The maximum atomic E-state index is 6.11. The Morgan fingerprint density at radius 3 is 2.80 bits per heavy atom. The van der Waals surface area contributed by atoms with E-state index in [1.165, 1.54) is 0 Å². The lowest BCUT2D eigenvalue weighted by Crippen LogP contribution is -2.33. The Balaban J connectivity index is 2.84. The van der Waals surface area contributed by atoms with Crippen LogP contribution in [-0.2, 0) is 0 Å². The molecule has 0 aliphatic heterocycles. The van der Waals surface area contributed by atoms with Gasteiger partial charge < -0.3 is 10.6 Å². The Morgan fingerprint density at radius 2 is 2.27 bits per heavy atom. The number of rotatable bonds is 5. The molecule has 0 saturated carbocycles. The first kappa shape index (κ1) is 12.3. The predicted molar refractivity (Wildman–Crippen MR) is 65.4 cm³/mol. The number of halogens is 1. The van der Waals surface area contributed by atoms with Crippen LogP contribution in [0.5, 0.6) is 0 Å². The molecule has 1 rings (SSSR count). The lowest BCUT2D eigenvalue weighted by Gasteiger charge is -2.28. The Morgan fingerprint density at radius 1 is 1.53 bits per heavy atom. The monoisotopic (exact) mass is 227 g/mol. The van der Waals surface area contributed by atoms with E-state index in [0.717, 1.165) is 18.8 Å². The fourth-order valence-corrected chi connectivity index (χ4v) is 1.69. The molecule has 0 aliphatic carbocycles. The summed E-state index contributed by atoms with van der Waals surface area (Å²) in [6.07, 6.45) is 2.71. The van der Waals surface area contributed by atoms with E-state index in [4.69, 9.17) is 17.3 Å². The number of hydrogen-bond acceptors (Lipinski definition) is 3. The molecule has 15 heavy (non-hydrogen) atoms. The van der Waals surface area contributed by atoms with Crippen LogP contribution in [0.25, 0.3) is 0 Å². The summed E-state index contributed by atoms with van der Waals surface area (Å²) >= 11 is 6.11. The number of nitrogens with two attached hydrogens (primary N) is 1. The van der Waals surface area contributed by atoms with E-state index in [9.17, 15) is 0 Å². The lowest BCUT2D eigenvalue weighted by atomic mass is 10.2. The lowest BCUT2D eigenvalue weighted by molar-refractivity contribution is 0.649. The summed E-state index contributed by atoms with van der Waals surface area (Å²) in [4.78, 5) is 6.48. The van der Waals surface area contributed by atoms with Crippen molar-refractivity contribution in [3.05, 3.63) is 23.4 Å². The summed E-state index contributed by atoms with van der Waals surface area (Å²) in [6, 6.07) is 4.08. The van der Waals surface area contributed by atoms with Gasteiger partial charge in [0.25, 0.3) is 0 Å². The zero-order valence-electron chi connectivity index (χ0n) is 9.28. The number of pyridine rings is 1. The topological polar surface area (TPSA) is 42.1 Å². The van der Waals surface area contributed by atoms with Crippen LogP contribution in [0.2, 0.25) is 5.02 Å². The summed E-state index contributed by atoms with van der Waals surface area (Å²) in [5, 5.41) is 0.697. The van der Waals surface area contributed by atoms with Gasteiger partial charge in [-0.25, -0.2) is 4.98 Å². The van der Waals surface area contributed by atoms with Crippen LogP contribution in [0.4, 0.5) is 5.82 Å². The van der Waals surface area contributed by atoms with Gasteiger partial charge >= 0.3 is 0 Å². The van der Waals surface area contributed by atoms with Crippen LogP contribution in [-0.4, -0.2) is 24.1 Å². The second-order valence-corrected chi connectivity index (χ2v) is 4.15. The summed E-state index contributed by atoms with van der Waals surface area (Å²) in [5.74, 6) is 0.850. The van der Waals surface area contributed by atoms with Gasteiger partial charge in [-0.05, 0) is 38.9 Å². The highest BCUT2D eigenvalue weighted by atomic mass is 35.5. The molecular weight excluding hydrogens is 210 g/mol. The minimum absolute atomic E-state index is 0.379. The Labute approximate surface area is 96.2 Å². The third-order valence-electron chi connectivity index (χ3n) is 2.24. The average Bonchev–Trinajstić information content (AvgIpc) is 2.20. The molecule has 0 radical (unpaired) electrons. The molecule has 0 bridgehead atoms. The standard InChI is InChI=1S/C11H18ClN3/c1-9(2)15(8-4-6-13)11-10(12)5-3-7-14-11/h3,5,7,9H,4,6,8,13H2,1-2H3. The van der Waals surface area contributed by atoms with E-state index in [2.05, 4.69) is 23.7 Å². The SMILES string of the molecule is CC(C)N(CCCN)c1ncccc1Cl. The predicted octanol–water partition coefficient (Wildman–Crippen LogP) is 2.30. The van der Waals surface area contributed by atoms with Crippen LogP contribution in [0.1, 0.15) is 20.3 Å². The van der Waals surface area contributed by atoms with Gasteiger partial charge in [0.15, 0.2) is 0 Å². The molecule has 0 fully saturated rings. The van der Waals surface area contributed by atoms with Crippen LogP contribution in [0.15, 0.2) is 18.3 Å². The van der Waals surface area contributed by atoms with Gasteiger partial charge in [0.05, 0.1) is 5.02 Å². The number of anilines is 1. The Bertz CT molecular complexity index is 302. The Kier molecular flexibility index (Phi) is 4.85. The first-order chi connectivity index (χ1) is 7.16. The summed E-state index contributed by atoms with van der Waals surface area (Å²) in [7, 11) is 0. The van der Waals surface area contributed by atoms with E-state index >= 15 is 0 Å². The van der Waals surface area contributed by atoms with Crippen LogP contribution in [0, 0.1) is 0 Å². The molecule has 0 atom stereocenters. The highest BCUT2D eigenvalue weighted by Gasteiger charge is 2.13. The van der Waals surface area contributed by atoms with E-state index in [1.807, 2.05) is 12.1 Å². The van der Waals surface area contributed by atoms with Crippen molar-refractivity contribution in [3.8, 4) is 0 Å². The summed E-state index contributed by atoms with van der Waals surface area (Å²) in [5.41, 5.74) is 5.51. The molecule has 0 unspecified atom stereocenters. The van der Waals surface area contributed by atoms with Gasteiger partial charge in [0, 0.05) is 18.8 Å². The molecule has 1 heterocycles. The minimum Gasteiger partial charge on any atom is -0.353 e. The summed E-state index contributed by atoms with van der Waals surface area (Å²) in [6.45, 7) is 5.83. The average molecular weight is 228 g/mol. The van der Waals surface area contributed by atoms with Crippen molar-refractivity contribution >= 4 is 17.4 Å². The van der Waals surface area contributed by atoms with E-state index in [0.29, 0.717) is 17.6 Å². The van der Waals surface area contributed by atoms with Gasteiger partial charge in [0.2, 0.25) is 0 Å². The largest absolute Gasteiger partial charge is 0.353 e. The maximum absolute atomic E-state index is 6.11. The van der Waals surface area contributed by atoms with Crippen molar-refractivity contribution in [1.82, 2.24) is 4.98 Å². The van der Waals surface area contributed by atoms with Crippen LogP contribution < -0.4 is 10.6 Å². The molecule has 84 valence electrons. The first-order valence-corrected chi connectivity index (χ1v) is 5.62. The quantitative estimate of drug-likeness (QED) is 0.840. The number of nitrogens with zero attached hydrogens (tertiary/aromatic N) is 2. The highest BCUT2D eigenvalue weighted by Crippen LogP contribution is 2.23. The molecule has 0 saturated heterocycles. The molecule has 1 aromatic rings. The van der Waals surface area contributed by atoms with Crippen molar-refractivity contribution < 1.29 is 0 Å². The zero-order chi connectivity index (χ0) is 11.3. The second-order valence-electron chi connectivity index (χ2n) is 3.74. The molecule has 1 aromatic heterocycles. The molecule has 0 aliphatic rings. The van der Waals surface area contributed by atoms with E-state index < -0.39 is 0 Å². The first-order valence-electron chi connectivity index (χ1n) is 5.24. The number of aromatic nitrogens is 1. The van der Waals surface area contributed by atoms with Gasteiger partial charge in [0.1, 0.15) is 5.82 Å². The summed E-state index contributed by atoms with van der Waals surface area (Å²) < 4.78 is 0. The molecule has 2 N–H and O–H groups in total. The third-order valence-corrected chi connectivity index (χ3v) is 2.53. The van der Waals surface area contributed by atoms with Crippen molar-refractivity contribution in [2.24, 2.45) is 5.73 Å². The van der Waals surface area contributed by atoms with Gasteiger partial charge in [-0.2, -0.15) is 0 Å². The van der Waals surface area contributed by atoms with Crippen LogP contribution in [0.3, 0.4) is 0 Å². The fourth-order valence-electron chi connectivity index (χ4n) is 1.46. The van der Waals surface area contributed by atoms with Gasteiger partial charge in [-0.3, -0.25) is 0 Å². The van der Waals surface area contributed by atoms with Crippen molar-refractivity contribution in [1.29, 1.82) is 0 Å². The van der Waals surface area contributed by atoms with Crippen LogP contribution >= 0.6 is 11.6 Å². The van der Waals surface area contributed by atoms with E-state index in [1.54, 1.807) is 6.20 Å². The third kappa shape index (κ3) is 3.36. The molecule has 0 spiro atoms. The van der Waals surface area contributed by atoms with Gasteiger partial charge in [-0.15, -0.1) is 0 Å². The molecule has 0 aromatic carbocycles. The Hall–Kier alpha value is -0.800. The fraction of sp³-hybridized carbons (Fsp3) is 0.545. The smallest absolute Gasteiger partial charge is 0.147 e. The normalized spacial score (nSPS) is 10.7. The maximum Gasteiger partial charge on any atom is 0.147 e. The zero-order valence-corrected chi connectivity index (χ0v) is 10.0. The molecular formula is C11H18ClN3. The van der Waals surface area contributed by atoms with E-state index in [-0.39, 0.29) is 0 Å². The molecule has 0 amide bonds. The van der Waals surface area contributed by atoms with Crippen molar-refractivity contribution in [2.75, 3.05) is 18.0 Å². The number of hydrogen-bond donors (Lipinski definition) is 1. The van der Waals surface area contributed by atoms with Gasteiger partial charge in [-0.1, -0.05) is 11.6 Å².